The molecule has 6 aromatic carbocycles. The van der Waals surface area contributed by atoms with E-state index in [4.69, 9.17) is 23.2 Å². The molecule has 7 aromatic rings. The van der Waals surface area contributed by atoms with Gasteiger partial charge in [0.05, 0.1) is 5.69 Å². The predicted molar refractivity (Wildman–Crippen MR) is 167 cm³/mol. The second-order valence-electron chi connectivity index (χ2n) is 9.29. The summed E-state index contributed by atoms with van der Waals surface area (Å²) in [5, 5.41) is 6.12. The lowest BCUT2D eigenvalue weighted by atomic mass is 9.96. The van der Waals surface area contributed by atoms with Crippen molar-refractivity contribution in [3.05, 3.63) is 137 Å². The van der Waals surface area contributed by atoms with Crippen LogP contribution in [0, 0.1) is 0 Å². The zero-order valence-electron chi connectivity index (χ0n) is 20.2. The Labute approximate surface area is 235 Å². The summed E-state index contributed by atoms with van der Waals surface area (Å²) in [6, 6.07) is 44.6. The van der Waals surface area contributed by atoms with E-state index in [9.17, 15) is 0 Å². The number of hydrogen-bond donors (Lipinski definition) is 0. The summed E-state index contributed by atoms with van der Waals surface area (Å²) in [5.41, 5.74) is 5.44. The van der Waals surface area contributed by atoms with Gasteiger partial charge < -0.3 is 4.90 Å². The molecule has 4 heteroatoms. The maximum Gasteiger partial charge on any atom is 0.0540 e. The van der Waals surface area contributed by atoms with Gasteiger partial charge in [0.2, 0.25) is 0 Å². The zero-order chi connectivity index (χ0) is 25.6. The predicted octanol–water partition coefficient (Wildman–Crippen LogP) is 11.7. The summed E-state index contributed by atoms with van der Waals surface area (Å²) in [6.45, 7) is 0. The second-order valence-corrected chi connectivity index (χ2v) is 11.2. The summed E-state index contributed by atoms with van der Waals surface area (Å²) in [4.78, 5) is 2.35. The first-order chi connectivity index (χ1) is 18.7. The Morgan fingerprint density at radius 3 is 1.92 bits per heavy atom. The largest absolute Gasteiger partial charge is 0.310 e. The molecule has 0 saturated heterocycles. The van der Waals surface area contributed by atoms with Crippen molar-refractivity contribution in [3.63, 3.8) is 0 Å². The van der Waals surface area contributed by atoms with Crippen molar-refractivity contribution in [1.82, 2.24) is 0 Å². The van der Waals surface area contributed by atoms with Crippen molar-refractivity contribution in [2.75, 3.05) is 4.90 Å². The fraction of sp³-hybridized carbons (Fsp3) is 0. The first-order valence-electron chi connectivity index (χ1n) is 12.4. The quantitative estimate of drug-likeness (QED) is 0.212. The van der Waals surface area contributed by atoms with Gasteiger partial charge in [-0.05, 0) is 77.2 Å². The van der Waals surface area contributed by atoms with E-state index in [0.717, 1.165) is 39.0 Å². The van der Waals surface area contributed by atoms with Crippen LogP contribution in [0.5, 0.6) is 0 Å². The molecule has 0 fully saturated rings. The van der Waals surface area contributed by atoms with Gasteiger partial charge in [-0.2, -0.15) is 0 Å². The molecule has 0 spiro atoms. The summed E-state index contributed by atoms with van der Waals surface area (Å²) in [5.74, 6) is 0. The number of hydrogen-bond acceptors (Lipinski definition) is 2. The maximum absolute atomic E-state index is 6.38. The molecule has 1 aromatic heterocycles. The van der Waals surface area contributed by atoms with Gasteiger partial charge in [-0.25, -0.2) is 0 Å². The first-order valence-corrected chi connectivity index (χ1v) is 14.0. The van der Waals surface area contributed by atoms with Crippen LogP contribution in [-0.4, -0.2) is 0 Å². The van der Waals surface area contributed by atoms with Gasteiger partial charge in [-0.3, -0.25) is 0 Å². The average molecular weight is 547 g/mol. The van der Waals surface area contributed by atoms with Gasteiger partial charge >= 0.3 is 0 Å². The van der Waals surface area contributed by atoms with Gasteiger partial charge in [0, 0.05) is 47.0 Å². The lowest BCUT2D eigenvalue weighted by Crippen LogP contribution is -2.10. The van der Waals surface area contributed by atoms with Gasteiger partial charge in [0.1, 0.15) is 0 Å². The minimum absolute atomic E-state index is 0.628. The molecule has 0 aliphatic heterocycles. The topological polar surface area (TPSA) is 3.24 Å². The molecule has 1 heterocycles. The van der Waals surface area contributed by atoms with Crippen molar-refractivity contribution < 1.29 is 0 Å². The Balaban J connectivity index is 1.48. The van der Waals surface area contributed by atoms with Gasteiger partial charge in [0.25, 0.3) is 0 Å². The van der Waals surface area contributed by atoms with Crippen LogP contribution in [0.1, 0.15) is 0 Å². The molecule has 0 N–H and O–H groups in total. The molecule has 182 valence electrons. The number of para-hydroxylation sites is 1. The lowest BCUT2D eigenvalue weighted by molar-refractivity contribution is 1.30. The Kier molecular flexibility index (Phi) is 5.82. The number of anilines is 3. The highest BCUT2D eigenvalue weighted by Crippen LogP contribution is 2.44. The molecule has 0 unspecified atom stereocenters. The fourth-order valence-corrected chi connectivity index (χ4v) is 6.91. The molecule has 0 amide bonds. The minimum Gasteiger partial charge on any atom is -0.310 e. The summed E-state index contributed by atoms with van der Waals surface area (Å²) in [6.07, 6.45) is 0. The molecule has 38 heavy (non-hydrogen) atoms. The molecule has 0 atom stereocenters. The third kappa shape index (κ3) is 4.02. The van der Waals surface area contributed by atoms with E-state index >= 15 is 0 Å². The van der Waals surface area contributed by atoms with Crippen molar-refractivity contribution in [3.8, 4) is 11.1 Å². The lowest BCUT2D eigenvalue weighted by Gasteiger charge is -2.27. The fourth-order valence-electron chi connectivity index (χ4n) is 5.30. The third-order valence-corrected chi connectivity index (χ3v) is 8.54. The molecule has 0 bridgehead atoms. The molecule has 1 nitrogen and oxygen atoms in total. The van der Waals surface area contributed by atoms with Crippen LogP contribution in [-0.2, 0) is 0 Å². The Morgan fingerprint density at radius 1 is 0.474 bits per heavy atom. The SMILES string of the molecule is Clc1cc(Cl)cc(-c2ccc(N(c3ccccc3)c3ccc4sc5ccccc5c4c3)c3ccccc23)c1. The smallest absolute Gasteiger partial charge is 0.0540 e. The van der Waals surface area contributed by atoms with E-state index in [1.54, 1.807) is 6.07 Å². The summed E-state index contributed by atoms with van der Waals surface area (Å²) >= 11 is 14.6. The van der Waals surface area contributed by atoms with Crippen molar-refractivity contribution >= 4 is 82.5 Å². The Bertz CT molecular complexity index is 1940. The van der Waals surface area contributed by atoms with E-state index in [1.807, 2.05) is 23.5 Å². The van der Waals surface area contributed by atoms with E-state index in [2.05, 4.69) is 114 Å². The number of rotatable bonds is 4. The van der Waals surface area contributed by atoms with E-state index < -0.39 is 0 Å². The maximum atomic E-state index is 6.38. The van der Waals surface area contributed by atoms with Crippen molar-refractivity contribution in [1.29, 1.82) is 0 Å². The molecule has 0 aliphatic carbocycles. The van der Waals surface area contributed by atoms with Crippen molar-refractivity contribution in [2.45, 2.75) is 0 Å². The van der Waals surface area contributed by atoms with Crippen molar-refractivity contribution in [2.24, 2.45) is 0 Å². The number of nitrogens with zero attached hydrogens (tertiary/aromatic N) is 1. The molecular formula is C34H21Cl2NS. The van der Waals surface area contributed by atoms with Crippen LogP contribution in [0.15, 0.2) is 127 Å². The minimum atomic E-state index is 0.628. The number of halogens is 2. The zero-order valence-corrected chi connectivity index (χ0v) is 22.6. The standard InChI is InChI=1S/C34H21Cl2NS/c35-23-18-22(19-24(36)20-23)27-15-16-32(29-11-5-4-10-28(27)29)37(25-8-2-1-3-9-25)26-14-17-34-31(21-26)30-12-6-7-13-33(30)38-34/h1-21H. The number of fused-ring (bicyclic) bond motifs is 4. The monoisotopic (exact) mass is 545 g/mol. The highest BCUT2D eigenvalue weighted by atomic mass is 35.5. The number of benzene rings is 6. The van der Waals surface area contributed by atoms with Crippen LogP contribution >= 0.6 is 34.5 Å². The van der Waals surface area contributed by atoms with Gasteiger partial charge in [-0.1, -0.05) is 89.9 Å². The molecule has 0 radical (unpaired) electrons. The Hall–Kier alpha value is -3.82. The van der Waals surface area contributed by atoms with E-state index in [-0.39, 0.29) is 0 Å². The van der Waals surface area contributed by atoms with E-state index in [0.29, 0.717) is 10.0 Å². The average Bonchev–Trinajstić information content (AvgIpc) is 3.31. The van der Waals surface area contributed by atoms with Gasteiger partial charge in [0.15, 0.2) is 0 Å². The van der Waals surface area contributed by atoms with E-state index in [1.165, 1.54) is 20.2 Å². The van der Waals surface area contributed by atoms with Crippen LogP contribution in [0.2, 0.25) is 10.0 Å². The normalized spacial score (nSPS) is 11.4. The first kappa shape index (κ1) is 23.3. The van der Waals surface area contributed by atoms with Crippen LogP contribution in [0.4, 0.5) is 17.1 Å². The molecular weight excluding hydrogens is 525 g/mol. The highest BCUT2D eigenvalue weighted by Gasteiger charge is 2.18. The van der Waals surface area contributed by atoms with Crippen LogP contribution in [0.25, 0.3) is 42.1 Å². The summed E-state index contributed by atoms with van der Waals surface area (Å²) < 4.78 is 2.60. The van der Waals surface area contributed by atoms with Crippen LogP contribution in [0.3, 0.4) is 0 Å². The van der Waals surface area contributed by atoms with Gasteiger partial charge in [-0.15, -0.1) is 11.3 Å². The third-order valence-electron chi connectivity index (χ3n) is 6.95. The highest BCUT2D eigenvalue weighted by molar-refractivity contribution is 7.25. The number of thiophene rings is 1. The second kappa shape index (κ2) is 9.49. The summed E-state index contributed by atoms with van der Waals surface area (Å²) in [7, 11) is 0. The molecule has 0 saturated carbocycles. The van der Waals surface area contributed by atoms with Crippen LogP contribution < -0.4 is 4.90 Å². The molecule has 0 aliphatic rings. The molecule has 7 rings (SSSR count). The Morgan fingerprint density at radius 2 is 1.13 bits per heavy atom.